The second-order valence-corrected chi connectivity index (χ2v) is 7.54. The third-order valence-electron chi connectivity index (χ3n) is 4.26. The van der Waals surface area contributed by atoms with Gasteiger partial charge in [-0.2, -0.15) is 0 Å². The Balaban J connectivity index is 0.00000200. The molecule has 0 saturated carbocycles. The van der Waals surface area contributed by atoms with Gasteiger partial charge >= 0.3 is 0 Å². The SMILES string of the molecule is CC1(C)CC(NCCN2CCNCC2)CC(C)(C)N1.N. The largest absolute Gasteiger partial charge is 0.344 e. The Labute approximate surface area is 124 Å². The van der Waals surface area contributed by atoms with Crippen molar-refractivity contribution in [1.29, 1.82) is 0 Å². The average Bonchev–Trinajstić information content (AvgIpc) is 2.26. The first kappa shape index (κ1) is 17.9. The normalized spacial score (nSPS) is 27.0. The molecule has 5 heteroatoms. The monoisotopic (exact) mass is 285 g/mol. The van der Waals surface area contributed by atoms with Crippen molar-refractivity contribution in [3.63, 3.8) is 0 Å². The summed E-state index contributed by atoms with van der Waals surface area (Å²) in [4.78, 5) is 2.56. The number of rotatable bonds is 4. The molecule has 0 atom stereocenters. The van der Waals surface area contributed by atoms with Crippen molar-refractivity contribution in [2.45, 2.75) is 57.7 Å². The molecule has 6 N–H and O–H groups in total. The third kappa shape index (κ3) is 5.66. The molecule has 2 rings (SSSR count). The fourth-order valence-electron chi connectivity index (χ4n) is 3.83. The Bertz CT molecular complexity index is 268. The van der Waals surface area contributed by atoms with Crippen molar-refractivity contribution in [1.82, 2.24) is 27.0 Å². The summed E-state index contributed by atoms with van der Waals surface area (Å²) in [6.45, 7) is 16.3. The van der Waals surface area contributed by atoms with E-state index in [1.54, 1.807) is 0 Å². The molecule has 2 fully saturated rings. The first-order chi connectivity index (χ1) is 8.86. The van der Waals surface area contributed by atoms with E-state index >= 15 is 0 Å². The Morgan fingerprint density at radius 1 is 1.05 bits per heavy atom. The highest BCUT2D eigenvalue weighted by Gasteiger charge is 2.37. The van der Waals surface area contributed by atoms with Crippen molar-refractivity contribution in [2.24, 2.45) is 0 Å². The summed E-state index contributed by atoms with van der Waals surface area (Å²) in [6.07, 6.45) is 2.44. The molecule has 2 aliphatic rings. The summed E-state index contributed by atoms with van der Waals surface area (Å²) in [5, 5.41) is 10.9. The molecule has 0 aromatic heterocycles. The van der Waals surface area contributed by atoms with E-state index in [4.69, 9.17) is 0 Å². The van der Waals surface area contributed by atoms with Gasteiger partial charge in [0.2, 0.25) is 0 Å². The topological polar surface area (TPSA) is 74.3 Å². The second-order valence-electron chi connectivity index (χ2n) is 7.54. The van der Waals surface area contributed by atoms with Gasteiger partial charge in [-0.25, -0.2) is 0 Å². The number of nitrogens with zero attached hydrogens (tertiary/aromatic N) is 1. The third-order valence-corrected chi connectivity index (χ3v) is 4.26. The van der Waals surface area contributed by atoms with E-state index in [1.807, 2.05) is 0 Å². The number of piperidine rings is 1. The van der Waals surface area contributed by atoms with E-state index in [2.05, 4.69) is 48.5 Å². The Morgan fingerprint density at radius 3 is 2.15 bits per heavy atom. The Morgan fingerprint density at radius 2 is 1.60 bits per heavy atom. The van der Waals surface area contributed by atoms with Crippen LogP contribution in [0.3, 0.4) is 0 Å². The number of hydrogen-bond acceptors (Lipinski definition) is 5. The second kappa shape index (κ2) is 7.18. The lowest BCUT2D eigenvalue weighted by Gasteiger charge is -2.47. The van der Waals surface area contributed by atoms with Crippen LogP contribution in [0.2, 0.25) is 0 Å². The maximum Gasteiger partial charge on any atom is 0.0144 e. The lowest BCUT2D eigenvalue weighted by atomic mass is 9.79. The van der Waals surface area contributed by atoms with Crippen LogP contribution in [0.25, 0.3) is 0 Å². The van der Waals surface area contributed by atoms with Crippen molar-refractivity contribution in [3.8, 4) is 0 Å². The van der Waals surface area contributed by atoms with Crippen LogP contribution in [-0.4, -0.2) is 61.3 Å². The van der Waals surface area contributed by atoms with Gasteiger partial charge in [-0.05, 0) is 40.5 Å². The molecule has 0 bridgehead atoms. The van der Waals surface area contributed by atoms with Gasteiger partial charge in [0.15, 0.2) is 0 Å². The van der Waals surface area contributed by atoms with Gasteiger partial charge in [0.1, 0.15) is 0 Å². The predicted octanol–water partition coefficient (Wildman–Crippen LogP) is 0.952. The standard InChI is InChI=1S/C15H32N4.H3N/c1-14(2)11-13(12-15(3,4)18-14)17-7-10-19-8-5-16-6-9-19;/h13,16-18H,5-12H2,1-4H3;1H3. The number of hydrogen-bond donors (Lipinski definition) is 4. The van der Waals surface area contributed by atoms with Crippen LogP contribution in [0.15, 0.2) is 0 Å². The van der Waals surface area contributed by atoms with Gasteiger partial charge in [0.25, 0.3) is 0 Å². The minimum atomic E-state index is 0. The lowest BCUT2D eigenvalue weighted by molar-refractivity contribution is 0.142. The van der Waals surface area contributed by atoms with Crippen molar-refractivity contribution >= 4 is 0 Å². The number of piperazine rings is 1. The summed E-state index contributed by atoms with van der Waals surface area (Å²) in [5.74, 6) is 0. The quantitative estimate of drug-likeness (QED) is 0.619. The molecule has 120 valence electrons. The van der Waals surface area contributed by atoms with E-state index in [-0.39, 0.29) is 17.2 Å². The van der Waals surface area contributed by atoms with Crippen molar-refractivity contribution in [2.75, 3.05) is 39.3 Å². The van der Waals surface area contributed by atoms with Crippen molar-refractivity contribution in [3.05, 3.63) is 0 Å². The van der Waals surface area contributed by atoms with Crippen LogP contribution < -0.4 is 22.1 Å². The zero-order valence-electron chi connectivity index (χ0n) is 13.9. The molecule has 0 aromatic carbocycles. The fourth-order valence-corrected chi connectivity index (χ4v) is 3.83. The summed E-state index contributed by atoms with van der Waals surface area (Å²) in [6, 6.07) is 0.647. The van der Waals surface area contributed by atoms with Gasteiger partial charge < -0.3 is 22.1 Å². The molecule has 2 saturated heterocycles. The molecule has 0 radical (unpaired) electrons. The molecule has 2 heterocycles. The fraction of sp³-hybridized carbons (Fsp3) is 1.00. The van der Waals surface area contributed by atoms with Gasteiger partial charge in [-0.1, -0.05) is 0 Å². The van der Waals surface area contributed by atoms with E-state index in [1.165, 1.54) is 32.5 Å². The maximum atomic E-state index is 3.78. The van der Waals surface area contributed by atoms with Gasteiger partial charge in [-0.15, -0.1) is 0 Å². The molecule has 0 aliphatic carbocycles. The highest BCUT2D eigenvalue weighted by atomic mass is 15.2. The molecule has 2 aliphatic heterocycles. The summed E-state index contributed by atoms with van der Waals surface area (Å²) < 4.78 is 0. The molecule has 5 nitrogen and oxygen atoms in total. The van der Waals surface area contributed by atoms with E-state index in [0.717, 1.165) is 19.6 Å². The molecule has 0 amide bonds. The maximum absolute atomic E-state index is 3.78. The van der Waals surface area contributed by atoms with E-state index in [9.17, 15) is 0 Å². The van der Waals surface area contributed by atoms with Crippen LogP contribution in [0.1, 0.15) is 40.5 Å². The Kier molecular flexibility index (Phi) is 6.41. The first-order valence-corrected chi connectivity index (χ1v) is 7.82. The van der Waals surface area contributed by atoms with Gasteiger partial charge in [-0.3, -0.25) is 4.90 Å². The first-order valence-electron chi connectivity index (χ1n) is 7.82. The summed E-state index contributed by atoms with van der Waals surface area (Å²) >= 11 is 0. The van der Waals surface area contributed by atoms with Gasteiger partial charge in [0.05, 0.1) is 0 Å². The van der Waals surface area contributed by atoms with Crippen LogP contribution in [0, 0.1) is 0 Å². The zero-order chi connectivity index (χ0) is 13.9. The van der Waals surface area contributed by atoms with E-state index in [0.29, 0.717) is 6.04 Å². The molecular formula is C15H35N5. The molecule has 0 unspecified atom stereocenters. The summed E-state index contributed by atoms with van der Waals surface area (Å²) in [5.41, 5.74) is 0.489. The van der Waals surface area contributed by atoms with Crippen LogP contribution >= 0.6 is 0 Å². The smallest absolute Gasteiger partial charge is 0.0144 e. The molecular weight excluding hydrogens is 250 g/mol. The van der Waals surface area contributed by atoms with Crippen LogP contribution in [0.5, 0.6) is 0 Å². The summed E-state index contributed by atoms with van der Waals surface area (Å²) in [7, 11) is 0. The molecule has 0 aromatic rings. The minimum Gasteiger partial charge on any atom is -0.344 e. The minimum absolute atomic E-state index is 0. The molecule has 0 spiro atoms. The average molecular weight is 285 g/mol. The zero-order valence-corrected chi connectivity index (χ0v) is 13.9. The predicted molar refractivity (Wildman–Crippen MR) is 86.7 cm³/mol. The van der Waals surface area contributed by atoms with Crippen LogP contribution in [-0.2, 0) is 0 Å². The Hall–Kier alpha value is -0.200. The molecule has 20 heavy (non-hydrogen) atoms. The number of nitrogens with one attached hydrogen (secondary N) is 3. The highest BCUT2D eigenvalue weighted by Crippen LogP contribution is 2.28. The van der Waals surface area contributed by atoms with Crippen LogP contribution in [0.4, 0.5) is 0 Å². The van der Waals surface area contributed by atoms with Crippen molar-refractivity contribution < 1.29 is 0 Å². The van der Waals surface area contributed by atoms with E-state index < -0.39 is 0 Å². The lowest BCUT2D eigenvalue weighted by Crippen LogP contribution is -2.62. The highest BCUT2D eigenvalue weighted by molar-refractivity contribution is 4.99. The van der Waals surface area contributed by atoms with Gasteiger partial charge in [0, 0.05) is 56.4 Å².